The van der Waals surface area contributed by atoms with Gasteiger partial charge in [-0.15, -0.1) is 0 Å². The lowest BCUT2D eigenvalue weighted by molar-refractivity contribution is 0.192. The smallest absolute Gasteiger partial charge is 0.0236 e. The fourth-order valence-corrected chi connectivity index (χ4v) is 3.23. The van der Waals surface area contributed by atoms with Crippen LogP contribution >= 0.6 is 0 Å². The number of nitrogens with zero attached hydrogens (tertiary/aromatic N) is 1. The Morgan fingerprint density at radius 2 is 1.82 bits per heavy atom. The highest BCUT2D eigenvalue weighted by Gasteiger charge is 2.19. The Balaban J connectivity index is 1.59. The first-order chi connectivity index (χ1) is 10.7. The van der Waals surface area contributed by atoms with Crippen LogP contribution in [0, 0.1) is 13.8 Å². The summed E-state index contributed by atoms with van der Waals surface area (Å²) in [6.45, 7) is 8.79. The molecule has 1 fully saturated rings. The zero-order valence-electron chi connectivity index (χ0n) is 13.7. The minimum atomic E-state index is 0.555. The molecule has 1 saturated heterocycles. The van der Waals surface area contributed by atoms with Gasteiger partial charge in [-0.3, -0.25) is 4.90 Å². The number of hydrogen-bond donors (Lipinski definition) is 1. The van der Waals surface area contributed by atoms with E-state index in [0.717, 1.165) is 32.6 Å². The molecule has 1 heterocycles. The van der Waals surface area contributed by atoms with Crippen LogP contribution < -0.4 is 5.32 Å². The lowest BCUT2D eigenvalue weighted by Gasteiger charge is -2.34. The Bertz CT molecular complexity index is 606. The summed E-state index contributed by atoms with van der Waals surface area (Å²) < 4.78 is 0. The van der Waals surface area contributed by atoms with Gasteiger partial charge in [0, 0.05) is 32.2 Å². The van der Waals surface area contributed by atoms with Crippen molar-refractivity contribution in [2.24, 2.45) is 0 Å². The Morgan fingerprint density at radius 1 is 1.00 bits per heavy atom. The second kappa shape index (κ2) is 7.08. The van der Waals surface area contributed by atoms with Gasteiger partial charge >= 0.3 is 0 Å². The van der Waals surface area contributed by atoms with Crippen LogP contribution in [0.3, 0.4) is 0 Å². The Kier molecular flexibility index (Phi) is 4.91. The van der Waals surface area contributed by atoms with E-state index < -0.39 is 0 Å². The SMILES string of the molecule is Cc1ccc(CC2CN(Cc3ccccc3)CCN2)cc1C. The van der Waals surface area contributed by atoms with Crippen molar-refractivity contribution >= 4 is 0 Å². The predicted molar refractivity (Wildman–Crippen MR) is 93.1 cm³/mol. The van der Waals surface area contributed by atoms with Gasteiger partial charge in [0.05, 0.1) is 0 Å². The van der Waals surface area contributed by atoms with Crippen LogP contribution in [0.5, 0.6) is 0 Å². The number of rotatable bonds is 4. The summed E-state index contributed by atoms with van der Waals surface area (Å²) in [4.78, 5) is 2.57. The van der Waals surface area contributed by atoms with E-state index in [-0.39, 0.29) is 0 Å². The minimum Gasteiger partial charge on any atom is -0.311 e. The van der Waals surface area contributed by atoms with E-state index in [9.17, 15) is 0 Å². The summed E-state index contributed by atoms with van der Waals surface area (Å²) in [7, 11) is 0. The normalized spacial score (nSPS) is 19.3. The van der Waals surface area contributed by atoms with E-state index in [4.69, 9.17) is 0 Å². The summed E-state index contributed by atoms with van der Waals surface area (Å²) in [6.07, 6.45) is 1.12. The van der Waals surface area contributed by atoms with Gasteiger partial charge in [-0.05, 0) is 42.5 Å². The molecular formula is C20H26N2. The van der Waals surface area contributed by atoms with Gasteiger partial charge in [0.25, 0.3) is 0 Å². The molecule has 0 aliphatic carbocycles. The predicted octanol–water partition coefficient (Wildman–Crippen LogP) is 3.32. The molecule has 1 aliphatic rings. The van der Waals surface area contributed by atoms with Crippen molar-refractivity contribution in [3.63, 3.8) is 0 Å². The molecule has 2 aromatic carbocycles. The van der Waals surface area contributed by atoms with Crippen molar-refractivity contribution in [3.05, 3.63) is 70.8 Å². The maximum absolute atomic E-state index is 3.68. The topological polar surface area (TPSA) is 15.3 Å². The van der Waals surface area contributed by atoms with Crippen LogP contribution in [-0.2, 0) is 13.0 Å². The van der Waals surface area contributed by atoms with Gasteiger partial charge < -0.3 is 5.32 Å². The molecule has 2 nitrogen and oxygen atoms in total. The molecule has 1 unspecified atom stereocenters. The molecule has 1 aliphatic heterocycles. The first-order valence-electron chi connectivity index (χ1n) is 8.26. The third-order valence-corrected chi connectivity index (χ3v) is 4.64. The molecule has 2 heteroatoms. The first-order valence-corrected chi connectivity index (χ1v) is 8.26. The van der Waals surface area contributed by atoms with Crippen molar-refractivity contribution in [1.82, 2.24) is 10.2 Å². The number of piperazine rings is 1. The zero-order valence-corrected chi connectivity index (χ0v) is 13.7. The largest absolute Gasteiger partial charge is 0.311 e. The molecule has 0 aromatic heterocycles. The summed E-state index contributed by atoms with van der Waals surface area (Å²) in [5.41, 5.74) is 5.64. The number of nitrogens with one attached hydrogen (secondary N) is 1. The van der Waals surface area contributed by atoms with Crippen LogP contribution in [-0.4, -0.2) is 30.6 Å². The molecule has 3 rings (SSSR count). The van der Waals surface area contributed by atoms with Crippen LogP contribution in [0.15, 0.2) is 48.5 Å². The number of hydrogen-bond acceptors (Lipinski definition) is 2. The van der Waals surface area contributed by atoms with Crippen LogP contribution in [0.25, 0.3) is 0 Å². The maximum atomic E-state index is 3.68. The molecule has 22 heavy (non-hydrogen) atoms. The van der Waals surface area contributed by atoms with E-state index in [1.807, 2.05) is 0 Å². The monoisotopic (exact) mass is 294 g/mol. The summed E-state index contributed by atoms with van der Waals surface area (Å²) in [5, 5.41) is 3.68. The molecule has 1 N–H and O–H groups in total. The first kappa shape index (κ1) is 15.3. The van der Waals surface area contributed by atoms with E-state index in [1.54, 1.807) is 0 Å². The van der Waals surface area contributed by atoms with E-state index in [0.29, 0.717) is 6.04 Å². The quantitative estimate of drug-likeness (QED) is 0.930. The molecule has 0 spiro atoms. The van der Waals surface area contributed by atoms with E-state index in [1.165, 1.54) is 22.3 Å². The van der Waals surface area contributed by atoms with Crippen molar-refractivity contribution in [2.45, 2.75) is 32.9 Å². The van der Waals surface area contributed by atoms with Crippen molar-refractivity contribution in [1.29, 1.82) is 0 Å². The van der Waals surface area contributed by atoms with Gasteiger partial charge in [-0.2, -0.15) is 0 Å². The van der Waals surface area contributed by atoms with Crippen molar-refractivity contribution in [2.75, 3.05) is 19.6 Å². The molecule has 1 atom stereocenters. The van der Waals surface area contributed by atoms with Gasteiger partial charge in [0.1, 0.15) is 0 Å². The second-order valence-corrected chi connectivity index (χ2v) is 6.49. The van der Waals surface area contributed by atoms with Gasteiger partial charge in [0.2, 0.25) is 0 Å². The molecule has 116 valence electrons. The van der Waals surface area contributed by atoms with Gasteiger partial charge in [0.15, 0.2) is 0 Å². The van der Waals surface area contributed by atoms with Crippen molar-refractivity contribution < 1.29 is 0 Å². The summed E-state index contributed by atoms with van der Waals surface area (Å²) in [5.74, 6) is 0. The number of aryl methyl sites for hydroxylation is 2. The summed E-state index contributed by atoms with van der Waals surface area (Å²) in [6, 6.07) is 18.2. The van der Waals surface area contributed by atoms with Gasteiger partial charge in [-0.25, -0.2) is 0 Å². The average molecular weight is 294 g/mol. The fourth-order valence-electron chi connectivity index (χ4n) is 3.23. The van der Waals surface area contributed by atoms with E-state index >= 15 is 0 Å². The van der Waals surface area contributed by atoms with E-state index in [2.05, 4.69) is 72.6 Å². The fraction of sp³-hybridized carbons (Fsp3) is 0.400. The molecule has 0 radical (unpaired) electrons. The van der Waals surface area contributed by atoms with Gasteiger partial charge in [-0.1, -0.05) is 48.5 Å². The van der Waals surface area contributed by atoms with Crippen LogP contribution in [0.1, 0.15) is 22.3 Å². The third kappa shape index (κ3) is 3.96. The Labute approximate surface area is 134 Å². The highest BCUT2D eigenvalue weighted by Crippen LogP contribution is 2.14. The Morgan fingerprint density at radius 3 is 2.59 bits per heavy atom. The number of benzene rings is 2. The Hall–Kier alpha value is -1.64. The second-order valence-electron chi connectivity index (χ2n) is 6.49. The zero-order chi connectivity index (χ0) is 15.4. The highest BCUT2D eigenvalue weighted by atomic mass is 15.2. The standard InChI is InChI=1S/C20H26N2/c1-16-8-9-19(12-17(16)2)13-20-15-22(11-10-21-20)14-18-6-4-3-5-7-18/h3-9,12,20-21H,10-11,13-15H2,1-2H3. The third-order valence-electron chi connectivity index (χ3n) is 4.64. The lowest BCUT2D eigenvalue weighted by Crippen LogP contribution is -2.51. The molecular weight excluding hydrogens is 268 g/mol. The van der Waals surface area contributed by atoms with Crippen molar-refractivity contribution in [3.8, 4) is 0 Å². The molecule has 0 amide bonds. The minimum absolute atomic E-state index is 0.555. The summed E-state index contributed by atoms with van der Waals surface area (Å²) >= 11 is 0. The highest BCUT2D eigenvalue weighted by molar-refractivity contribution is 5.30. The van der Waals surface area contributed by atoms with Crippen LogP contribution in [0.2, 0.25) is 0 Å². The van der Waals surface area contributed by atoms with Crippen LogP contribution in [0.4, 0.5) is 0 Å². The molecule has 0 saturated carbocycles. The molecule has 2 aromatic rings. The maximum Gasteiger partial charge on any atom is 0.0236 e. The average Bonchev–Trinajstić information content (AvgIpc) is 2.52. The lowest BCUT2D eigenvalue weighted by atomic mass is 9.99. The molecule has 0 bridgehead atoms.